The molecule has 1 aliphatic carbocycles. The van der Waals surface area contributed by atoms with Crippen LogP contribution < -0.4 is 0 Å². The highest BCUT2D eigenvalue weighted by molar-refractivity contribution is 5.81. The largest absolute Gasteiger partial charge is 0.481 e. The highest BCUT2D eigenvalue weighted by Gasteiger charge is 2.41. The molecule has 0 bridgehead atoms. The second-order valence-electron chi connectivity index (χ2n) is 6.34. The van der Waals surface area contributed by atoms with Gasteiger partial charge in [0.1, 0.15) is 0 Å². The SMILES string of the molecule is CN(C)CC1CC(O)CN1C(=O)[C@@H]1CC[C@H](C(=O)O)C1. The Balaban J connectivity index is 1.99. The molecule has 1 aliphatic heterocycles. The van der Waals surface area contributed by atoms with Gasteiger partial charge in [-0.25, -0.2) is 0 Å². The van der Waals surface area contributed by atoms with Gasteiger partial charge in [-0.05, 0) is 39.8 Å². The molecule has 2 unspecified atom stereocenters. The molecule has 20 heavy (non-hydrogen) atoms. The zero-order valence-corrected chi connectivity index (χ0v) is 12.2. The van der Waals surface area contributed by atoms with Crippen molar-refractivity contribution in [1.29, 1.82) is 0 Å². The van der Waals surface area contributed by atoms with Crippen LogP contribution in [0.15, 0.2) is 0 Å². The Morgan fingerprint density at radius 2 is 1.85 bits per heavy atom. The fourth-order valence-corrected chi connectivity index (χ4v) is 3.42. The van der Waals surface area contributed by atoms with Crippen molar-refractivity contribution in [2.75, 3.05) is 27.2 Å². The standard InChI is InChI=1S/C14H24N2O4/c1-15(2)7-11-6-12(17)8-16(11)13(18)9-3-4-10(5-9)14(19)20/h9-12,17H,3-8H2,1-2H3,(H,19,20)/t9-,10+,11?,12?/m1/s1. The Bertz CT molecular complexity index is 385. The number of likely N-dealkylation sites (N-methyl/N-ethyl adjacent to an activating group) is 1. The topological polar surface area (TPSA) is 81.1 Å². The predicted octanol–water partition coefficient (Wildman–Crippen LogP) is 0.0107. The Hall–Kier alpha value is -1.14. The molecule has 0 aromatic carbocycles. The van der Waals surface area contributed by atoms with Gasteiger partial charge < -0.3 is 20.0 Å². The van der Waals surface area contributed by atoms with Gasteiger partial charge in [0.05, 0.1) is 12.0 Å². The van der Waals surface area contributed by atoms with Crippen LogP contribution in [0.5, 0.6) is 0 Å². The minimum Gasteiger partial charge on any atom is -0.481 e. The summed E-state index contributed by atoms with van der Waals surface area (Å²) in [5.74, 6) is -1.35. The monoisotopic (exact) mass is 284 g/mol. The van der Waals surface area contributed by atoms with Crippen molar-refractivity contribution in [1.82, 2.24) is 9.80 Å². The van der Waals surface area contributed by atoms with Gasteiger partial charge >= 0.3 is 5.97 Å². The van der Waals surface area contributed by atoms with Crippen molar-refractivity contribution < 1.29 is 19.8 Å². The van der Waals surface area contributed by atoms with E-state index in [9.17, 15) is 14.7 Å². The smallest absolute Gasteiger partial charge is 0.306 e. The third-order valence-corrected chi connectivity index (χ3v) is 4.38. The molecular formula is C14H24N2O4. The first-order valence-electron chi connectivity index (χ1n) is 7.24. The van der Waals surface area contributed by atoms with E-state index in [1.807, 2.05) is 19.0 Å². The lowest BCUT2D eigenvalue weighted by molar-refractivity contribution is -0.141. The maximum atomic E-state index is 12.6. The minimum atomic E-state index is -0.799. The van der Waals surface area contributed by atoms with E-state index in [1.165, 1.54) is 0 Å². The summed E-state index contributed by atoms with van der Waals surface area (Å²) >= 11 is 0. The maximum absolute atomic E-state index is 12.6. The first-order valence-corrected chi connectivity index (χ1v) is 7.24. The summed E-state index contributed by atoms with van der Waals surface area (Å²) in [5, 5.41) is 18.8. The fraction of sp³-hybridized carbons (Fsp3) is 0.857. The predicted molar refractivity (Wildman–Crippen MR) is 73.1 cm³/mol. The first kappa shape index (κ1) is 15.3. The lowest BCUT2D eigenvalue weighted by atomic mass is 10.0. The number of aliphatic hydroxyl groups is 1. The van der Waals surface area contributed by atoms with Crippen molar-refractivity contribution >= 4 is 11.9 Å². The number of aliphatic carboxylic acids is 1. The Kier molecular flexibility index (Phi) is 4.65. The van der Waals surface area contributed by atoms with E-state index < -0.39 is 12.1 Å². The lowest BCUT2D eigenvalue weighted by Gasteiger charge is -2.29. The summed E-state index contributed by atoms with van der Waals surface area (Å²) in [4.78, 5) is 27.3. The van der Waals surface area contributed by atoms with Crippen molar-refractivity contribution in [3.63, 3.8) is 0 Å². The van der Waals surface area contributed by atoms with Crippen LogP contribution in [-0.2, 0) is 9.59 Å². The number of carbonyl (C=O) groups is 2. The molecule has 0 radical (unpaired) electrons. The summed E-state index contributed by atoms with van der Waals surface area (Å²) in [5.41, 5.74) is 0. The molecule has 6 heteroatoms. The number of rotatable bonds is 4. The van der Waals surface area contributed by atoms with Crippen molar-refractivity contribution in [2.45, 2.75) is 37.8 Å². The second-order valence-corrected chi connectivity index (χ2v) is 6.34. The maximum Gasteiger partial charge on any atom is 0.306 e. The highest BCUT2D eigenvalue weighted by atomic mass is 16.4. The molecule has 2 fully saturated rings. The van der Waals surface area contributed by atoms with Crippen LogP contribution in [0.3, 0.4) is 0 Å². The number of carboxylic acid groups (broad SMARTS) is 1. The Labute approximate surface area is 119 Å². The van der Waals surface area contributed by atoms with Gasteiger partial charge in [0, 0.05) is 25.0 Å². The summed E-state index contributed by atoms with van der Waals surface area (Å²) < 4.78 is 0. The Morgan fingerprint density at radius 3 is 2.40 bits per heavy atom. The highest BCUT2D eigenvalue weighted by Crippen LogP contribution is 2.34. The van der Waals surface area contributed by atoms with Crippen molar-refractivity contribution in [3.05, 3.63) is 0 Å². The number of likely N-dealkylation sites (tertiary alicyclic amines) is 1. The van der Waals surface area contributed by atoms with Gasteiger partial charge in [-0.3, -0.25) is 9.59 Å². The minimum absolute atomic E-state index is 0.0251. The number of β-amino-alcohol motifs (C(OH)–C–C–N with tert-alkyl or cyclic N) is 1. The van der Waals surface area contributed by atoms with Crippen LogP contribution in [0.25, 0.3) is 0 Å². The third-order valence-electron chi connectivity index (χ3n) is 4.38. The number of amides is 1. The Morgan fingerprint density at radius 1 is 1.20 bits per heavy atom. The first-order chi connectivity index (χ1) is 9.38. The number of hydrogen-bond donors (Lipinski definition) is 2. The van der Waals surface area contributed by atoms with Crippen molar-refractivity contribution in [3.8, 4) is 0 Å². The van der Waals surface area contributed by atoms with Gasteiger partial charge in [0.15, 0.2) is 0 Å². The van der Waals surface area contributed by atoms with E-state index in [1.54, 1.807) is 4.90 Å². The molecule has 1 saturated carbocycles. The molecule has 0 spiro atoms. The van der Waals surface area contributed by atoms with Gasteiger partial charge in [-0.15, -0.1) is 0 Å². The average molecular weight is 284 g/mol. The van der Waals surface area contributed by atoms with Gasteiger partial charge in [-0.2, -0.15) is 0 Å². The van der Waals surface area contributed by atoms with Gasteiger partial charge in [0.2, 0.25) is 5.91 Å². The summed E-state index contributed by atoms with van der Waals surface area (Å²) in [6, 6.07) is 0.0383. The molecule has 1 heterocycles. The summed E-state index contributed by atoms with van der Waals surface area (Å²) in [7, 11) is 3.90. The molecule has 1 saturated heterocycles. The van der Waals surface area contributed by atoms with E-state index in [4.69, 9.17) is 5.11 Å². The van der Waals surface area contributed by atoms with Crippen molar-refractivity contribution in [2.24, 2.45) is 11.8 Å². The normalized spacial score (nSPS) is 33.9. The summed E-state index contributed by atoms with van der Waals surface area (Å²) in [6.45, 7) is 1.11. The van der Waals surface area contributed by atoms with Gasteiger partial charge in [0.25, 0.3) is 0 Å². The molecule has 2 aliphatic rings. The van der Waals surface area contributed by atoms with E-state index in [-0.39, 0.29) is 23.8 Å². The number of hydrogen-bond acceptors (Lipinski definition) is 4. The van der Waals surface area contributed by atoms with Crippen LogP contribution in [0.2, 0.25) is 0 Å². The van der Waals surface area contributed by atoms with E-state index in [0.717, 1.165) is 6.54 Å². The lowest BCUT2D eigenvalue weighted by Crippen LogP contribution is -2.43. The molecule has 0 aromatic heterocycles. The second kappa shape index (κ2) is 6.10. The average Bonchev–Trinajstić information content (AvgIpc) is 2.94. The molecule has 1 amide bonds. The van der Waals surface area contributed by atoms with Crippen LogP contribution in [0.4, 0.5) is 0 Å². The summed E-state index contributed by atoms with van der Waals surface area (Å²) in [6.07, 6.45) is 1.83. The van der Waals surface area contributed by atoms with Crippen LogP contribution in [0, 0.1) is 11.8 Å². The van der Waals surface area contributed by atoms with E-state index >= 15 is 0 Å². The quantitative estimate of drug-likeness (QED) is 0.760. The molecule has 114 valence electrons. The molecular weight excluding hydrogens is 260 g/mol. The zero-order chi connectivity index (χ0) is 14.9. The molecule has 2 N–H and O–H groups in total. The van der Waals surface area contributed by atoms with Crippen LogP contribution in [-0.4, -0.2) is 71.2 Å². The van der Waals surface area contributed by atoms with Crippen LogP contribution in [0.1, 0.15) is 25.7 Å². The number of carboxylic acids is 1. The van der Waals surface area contributed by atoms with Gasteiger partial charge in [-0.1, -0.05) is 0 Å². The number of nitrogens with zero attached hydrogens (tertiary/aromatic N) is 2. The molecule has 0 aromatic rings. The molecule has 6 nitrogen and oxygen atoms in total. The fourth-order valence-electron chi connectivity index (χ4n) is 3.42. The molecule has 2 rings (SSSR count). The van der Waals surface area contributed by atoms with E-state index in [2.05, 4.69) is 0 Å². The van der Waals surface area contributed by atoms with E-state index in [0.29, 0.717) is 32.2 Å². The third kappa shape index (κ3) is 3.30. The number of aliphatic hydroxyl groups excluding tert-OH is 1. The number of carbonyl (C=O) groups excluding carboxylic acids is 1. The molecule has 4 atom stereocenters. The zero-order valence-electron chi connectivity index (χ0n) is 12.2. The van der Waals surface area contributed by atoms with Crippen LogP contribution >= 0.6 is 0 Å².